The highest BCUT2D eigenvalue weighted by Crippen LogP contribution is 2.24. The van der Waals surface area contributed by atoms with E-state index in [1.165, 1.54) is 37.7 Å². The molecule has 1 fully saturated rings. The van der Waals surface area contributed by atoms with Crippen LogP contribution in [0, 0.1) is 5.92 Å². The van der Waals surface area contributed by atoms with E-state index in [1.54, 1.807) is 0 Å². The summed E-state index contributed by atoms with van der Waals surface area (Å²) in [5.41, 5.74) is 1.34. The molecule has 0 saturated heterocycles. The van der Waals surface area contributed by atoms with Gasteiger partial charge in [-0.15, -0.1) is 0 Å². The summed E-state index contributed by atoms with van der Waals surface area (Å²) in [6, 6.07) is 5.35. The SMILES string of the molecule is CC1CCCC(N[C@H](C)c2ccncc2)CC1. The van der Waals surface area contributed by atoms with E-state index in [2.05, 4.69) is 36.3 Å². The normalized spacial score (nSPS) is 27.4. The van der Waals surface area contributed by atoms with Crippen molar-refractivity contribution < 1.29 is 0 Å². The van der Waals surface area contributed by atoms with Crippen LogP contribution in [0.3, 0.4) is 0 Å². The summed E-state index contributed by atoms with van der Waals surface area (Å²) in [6.45, 7) is 4.64. The second-order valence-electron chi connectivity index (χ2n) is 5.48. The van der Waals surface area contributed by atoms with Gasteiger partial charge in [-0.25, -0.2) is 0 Å². The molecule has 0 aliphatic heterocycles. The molecule has 0 radical (unpaired) electrons. The zero-order valence-electron chi connectivity index (χ0n) is 11.0. The van der Waals surface area contributed by atoms with Gasteiger partial charge in [0.15, 0.2) is 0 Å². The summed E-state index contributed by atoms with van der Waals surface area (Å²) in [7, 11) is 0. The Bertz CT molecular complexity index is 323. The Kier molecular flexibility index (Phi) is 4.55. The first-order valence-corrected chi connectivity index (χ1v) is 6.91. The van der Waals surface area contributed by atoms with E-state index in [9.17, 15) is 0 Å². The van der Waals surface area contributed by atoms with Gasteiger partial charge in [-0.1, -0.05) is 19.8 Å². The molecule has 0 bridgehead atoms. The Morgan fingerprint density at radius 1 is 1.18 bits per heavy atom. The van der Waals surface area contributed by atoms with Crippen LogP contribution in [0.25, 0.3) is 0 Å². The minimum atomic E-state index is 0.441. The highest BCUT2D eigenvalue weighted by Gasteiger charge is 2.17. The molecule has 2 rings (SSSR count). The minimum absolute atomic E-state index is 0.441. The summed E-state index contributed by atoms with van der Waals surface area (Å²) in [6.07, 6.45) is 10.6. The van der Waals surface area contributed by atoms with E-state index in [4.69, 9.17) is 0 Å². The third kappa shape index (κ3) is 3.81. The molecule has 2 heteroatoms. The van der Waals surface area contributed by atoms with E-state index < -0.39 is 0 Å². The van der Waals surface area contributed by atoms with Crippen LogP contribution < -0.4 is 5.32 Å². The topological polar surface area (TPSA) is 24.9 Å². The molecule has 1 saturated carbocycles. The molecule has 2 nitrogen and oxygen atoms in total. The number of hydrogen-bond donors (Lipinski definition) is 1. The van der Waals surface area contributed by atoms with E-state index in [1.807, 2.05) is 12.4 Å². The lowest BCUT2D eigenvalue weighted by Crippen LogP contribution is -2.31. The molecule has 0 amide bonds. The molecule has 17 heavy (non-hydrogen) atoms. The Labute approximate surface area is 105 Å². The molecule has 1 aromatic rings. The number of nitrogens with zero attached hydrogens (tertiary/aromatic N) is 1. The van der Waals surface area contributed by atoms with Crippen molar-refractivity contribution in [2.24, 2.45) is 5.92 Å². The predicted molar refractivity (Wildman–Crippen MR) is 71.8 cm³/mol. The number of nitrogens with one attached hydrogen (secondary N) is 1. The van der Waals surface area contributed by atoms with E-state index in [0.29, 0.717) is 12.1 Å². The quantitative estimate of drug-likeness (QED) is 0.804. The third-order valence-electron chi connectivity index (χ3n) is 3.95. The third-order valence-corrected chi connectivity index (χ3v) is 3.95. The van der Waals surface area contributed by atoms with Crippen LogP contribution in [-0.2, 0) is 0 Å². The molecule has 1 aromatic heterocycles. The van der Waals surface area contributed by atoms with Crippen molar-refractivity contribution in [2.45, 2.75) is 58.0 Å². The van der Waals surface area contributed by atoms with Crippen molar-refractivity contribution in [1.29, 1.82) is 0 Å². The van der Waals surface area contributed by atoms with Crippen LogP contribution in [0.2, 0.25) is 0 Å². The first-order valence-electron chi connectivity index (χ1n) is 6.91. The predicted octanol–water partition coefficient (Wildman–Crippen LogP) is 3.70. The van der Waals surface area contributed by atoms with E-state index in [-0.39, 0.29) is 0 Å². The van der Waals surface area contributed by atoms with Gasteiger partial charge >= 0.3 is 0 Å². The number of rotatable bonds is 3. The molecular formula is C15H24N2. The fourth-order valence-electron chi connectivity index (χ4n) is 2.76. The lowest BCUT2D eigenvalue weighted by molar-refractivity contribution is 0.408. The van der Waals surface area contributed by atoms with Crippen LogP contribution in [-0.4, -0.2) is 11.0 Å². The Morgan fingerprint density at radius 3 is 2.71 bits per heavy atom. The standard InChI is InChI=1S/C15H24N2/c1-12-4-3-5-15(7-6-12)17-13(2)14-8-10-16-11-9-14/h8-13,15,17H,3-7H2,1-2H3/t12?,13-,15?/m1/s1. The minimum Gasteiger partial charge on any atom is -0.307 e. The maximum Gasteiger partial charge on any atom is 0.0295 e. The fraction of sp³-hybridized carbons (Fsp3) is 0.667. The smallest absolute Gasteiger partial charge is 0.0295 e. The molecule has 2 unspecified atom stereocenters. The van der Waals surface area contributed by atoms with Crippen LogP contribution in [0.15, 0.2) is 24.5 Å². The van der Waals surface area contributed by atoms with Gasteiger partial charge in [-0.3, -0.25) is 4.98 Å². The molecule has 94 valence electrons. The Morgan fingerprint density at radius 2 is 1.94 bits per heavy atom. The highest BCUT2D eigenvalue weighted by molar-refractivity contribution is 5.14. The van der Waals surface area contributed by atoms with Crippen molar-refractivity contribution in [3.05, 3.63) is 30.1 Å². The van der Waals surface area contributed by atoms with Gasteiger partial charge in [-0.05, 0) is 49.8 Å². The van der Waals surface area contributed by atoms with Gasteiger partial charge in [0.2, 0.25) is 0 Å². The monoisotopic (exact) mass is 232 g/mol. The zero-order chi connectivity index (χ0) is 12.1. The highest BCUT2D eigenvalue weighted by atomic mass is 14.9. The number of hydrogen-bond acceptors (Lipinski definition) is 2. The van der Waals surface area contributed by atoms with Gasteiger partial charge in [0.1, 0.15) is 0 Å². The average molecular weight is 232 g/mol. The second kappa shape index (κ2) is 6.15. The molecule has 1 aliphatic rings. The van der Waals surface area contributed by atoms with E-state index >= 15 is 0 Å². The lowest BCUT2D eigenvalue weighted by Gasteiger charge is -2.22. The van der Waals surface area contributed by atoms with Gasteiger partial charge in [0, 0.05) is 24.5 Å². The van der Waals surface area contributed by atoms with Crippen molar-refractivity contribution in [2.75, 3.05) is 0 Å². The zero-order valence-corrected chi connectivity index (χ0v) is 11.0. The van der Waals surface area contributed by atoms with Gasteiger partial charge in [0.05, 0.1) is 0 Å². The fourth-order valence-corrected chi connectivity index (χ4v) is 2.76. The summed E-state index contributed by atoms with van der Waals surface area (Å²) in [5, 5.41) is 3.77. The molecule has 0 aromatic carbocycles. The molecular weight excluding hydrogens is 208 g/mol. The maximum atomic E-state index is 4.07. The van der Waals surface area contributed by atoms with E-state index in [0.717, 1.165) is 5.92 Å². The number of aromatic nitrogens is 1. The average Bonchev–Trinajstić information content (AvgIpc) is 2.56. The molecule has 1 heterocycles. The van der Waals surface area contributed by atoms with Crippen molar-refractivity contribution in [1.82, 2.24) is 10.3 Å². The van der Waals surface area contributed by atoms with Crippen molar-refractivity contribution >= 4 is 0 Å². The van der Waals surface area contributed by atoms with Gasteiger partial charge in [-0.2, -0.15) is 0 Å². The van der Waals surface area contributed by atoms with Crippen LogP contribution >= 0.6 is 0 Å². The largest absolute Gasteiger partial charge is 0.307 e. The Hall–Kier alpha value is -0.890. The van der Waals surface area contributed by atoms with Crippen LogP contribution in [0.1, 0.15) is 57.6 Å². The second-order valence-corrected chi connectivity index (χ2v) is 5.48. The van der Waals surface area contributed by atoms with Gasteiger partial charge < -0.3 is 5.32 Å². The Balaban J connectivity index is 1.88. The molecule has 1 N–H and O–H groups in total. The molecule has 3 atom stereocenters. The van der Waals surface area contributed by atoms with Crippen LogP contribution in [0.4, 0.5) is 0 Å². The first-order chi connectivity index (χ1) is 8.25. The summed E-state index contributed by atoms with van der Waals surface area (Å²) in [5.74, 6) is 0.915. The molecule has 1 aliphatic carbocycles. The van der Waals surface area contributed by atoms with Crippen molar-refractivity contribution in [3.8, 4) is 0 Å². The first kappa shape index (κ1) is 12.6. The van der Waals surface area contributed by atoms with Crippen LogP contribution in [0.5, 0.6) is 0 Å². The molecule has 0 spiro atoms. The van der Waals surface area contributed by atoms with Crippen molar-refractivity contribution in [3.63, 3.8) is 0 Å². The summed E-state index contributed by atoms with van der Waals surface area (Å²) >= 11 is 0. The van der Waals surface area contributed by atoms with Gasteiger partial charge in [0.25, 0.3) is 0 Å². The lowest BCUT2D eigenvalue weighted by atomic mass is 10.0. The maximum absolute atomic E-state index is 4.07. The summed E-state index contributed by atoms with van der Waals surface area (Å²) < 4.78 is 0. The summed E-state index contributed by atoms with van der Waals surface area (Å²) in [4.78, 5) is 4.07. The number of pyridine rings is 1.